The molecule has 1 spiro atoms. The van der Waals surface area contributed by atoms with Crippen molar-refractivity contribution in [2.75, 3.05) is 26.4 Å². The molecule has 2 heterocycles. The Hall–Kier alpha value is 2.05. The van der Waals surface area contributed by atoms with Crippen molar-refractivity contribution in [3.05, 3.63) is 13.6 Å². The van der Waals surface area contributed by atoms with E-state index in [0.717, 1.165) is 0 Å². The SMILES string of the molecule is [CH-]1OCC2(CO1)CO[CH-]OC2.[Y].[Y]. The summed E-state index contributed by atoms with van der Waals surface area (Å²) in [6.07, 6.45) is 0. The predicted octanol–water partition coefficient (Wildman–Crippen LogP) is 0.300. The molecular weight excluding hydrogens is 326 g/mol. The molecule has 0 aromatic carbocycles. The van der Waals surface area contributed by atoms with Crippen LogP contribution < -0.4 is 0 Å². The fraction of sp³-hybridized carbons (Fsp3) is 0.714. The first kappa shape index (κ1) is 15.0. The molecule has 2 rings (SSSR count). The van der Waals surface area contributed by atoms with Crippen molar-refractivity contribution in [3.63, 3.8) is 0 Å². The van der Waals surface area contributed by atoms with E-state index in [-0.39, 0.29) is 70.8 Å². The van der Waals surface area contributed by atoms with E-state index in [1.807, 2.05) is 0 Å². The van der Waals surface area contributed by atoms with Gasteiger partial charge in [0.2, 0.25) is 0 Å². The summed E-state index contributed by atoms with van der Waals surface area (Å²) in [5, 5.41) is 0. The molecule has 2 fully saturated rings. The van der Waals surface area contributed by atoms with Gasteiger partial charge in [0.05, 0.1) is 5.41 Å². The normalized spacial score (nSPS) is 25.8. The summed E-state index contributed by atoms with van der Waals surface area (Å²) in [4.78, 5) is 0. The van der Waals surface area contributed by atoms with Gasteiger partial charge in [0, 0.05) is 91.8 Å². The van der Waals surface area contributed by atoms with Crippen LogP contribution in [0.5, 0.6) is 0 Å². The average molecular weight is 336 g/mol. The molecule has 0 N–H and O–H groups in total. The summed E-state index contributed by atoms with van der Waals surface area (Å²) in [7, 11) is 0. The van der Waals surface area contributed by atoms with E-state index in [9.17, 15) is 0 Å². The summed E-state index contributed by atoms with van der Waals surface area (Å²) >= 11 is 0. The van der Waals surface area contributed by atoms with Crippen LogP contribution in [0.2, 0.25) is 0 Å². The minimum atomic E-state index is -0.0938. The van der Waals surface area contributed by atoms with Crippen LogP contribution in [0.15, 0.2) is 0 Å². The van der Waals surface area contributed by atoms with E-state index in [1.165, 1.54) is 13.6 Å². The molecule has 0 amide bonds. The van der Waals surface area contributed by atoms with Gasteiger partial charge >= 0.3 is 0 Å². The molecule has 0 aromatic rings. The maximum atomic E-state index is 5.04. The number of rotatable bonds is 0. The molecule has 13 heavy (non-hydrogen) atoms. The Balaban J connectivity index is 0.000000720. The van der Waals surface area contributed by atoms with E-state index in [2.05, 4.69) is 0 Å². The summed E-state index contributed by atoms with van der Waals surface area (Å²) in [5.74, 6) is 0. The molecule has 2 aliphatic heterocycles. The van der Waals surface area contributed by atoms with Crippen molar-refractivity contribution in [1.82, 2.24) is 0 Å². The van der Waals surface area contributed by atoms with Gasteiger partial charge in [-0.3, -0.25) is 0 Å². The van der Waals surface area contributed by atoms with Crippen LogP contribution in [-0.4, -0.2) is 26.4 Å². The van der Waals surface area contributed by atoms with Crippen LogP contribution in [-0.2, 0) is 84.4 Å². The Labute approximate surface area is 128 Å². The van der Waals surface area contributed by atoms with Crippen LogP contribution in [0.1, 0.15) is 0 Å². The first-order chi connectivity index (χ1) is 5.41. The van der Waals surface area contributed by atoms with Crippen molar-refractivity contribution in [1.29, 1.82) is 0 Å². The number of hydrogen-bond donors (Lipinski definition) is 0. The second-order valence-corrected chi connectivity index (χ2v) is 2.94. The fourth-order valence-corrected chi connectivity index (χ4v) is 1.19. The number of ether oxygens (including phenoxy) is 4. The minimum absolute atomic E-state index is 0. The van der Waals surface area contributed by atoms with Crippen molar-refractivity contribution < 1.29 is 84.4 Å². The van der Waals surface area contributed by atoms with Crippen LogP contribution in [0.3, 0.4) is 0 Å². The van der Waals surface area contributed by atoms with Gasteiger partial charge in [-0.2, -0.15) is 0 Å². The van der Waals surface area contributed by atoms with Gasteiger partial charge in [0.1, 0.15) is 0 Å². The summed E-state index contributed by atoms with van der Waals surface area (Å²) in [5.41, 5.74) is -0.0938. The standard InChI is InChI=1S/C7H10O4.2Y/c1-7(2-9-5-8-1)3-10-6-11-4-7;;/h5-6H,1-4H2;;/q-2;;. The summed E-state index contributed by atoms with van der Waals surface area (Å²) < 4.78 is 20.2. The Kier molecular flexibility index (Phi) is 8.50. The Morgan fingerprint density at radius 3 is 1.31 bits per heavy atom. The van der Waals surface area contributed by atoms with Crippen LogP contribution in [0.25, 0.3) is 0 Å². The van der Waals surface area contributed by atoms with Crippen LogP contribution >= 0.6 is 0 Å². The molecule has 0 aromatic heterocycles. The second kappa shape index (κ2) is 7.34. The third-order valence-electron chi connectivity index (χ3n) is 1.83. The van der Waals surface area contributed by atoms with Gasteiger partial charge in [-0.15, -0.1) is 0 Å². The number of hydrogen-bond acceptors (Lipinski definition) is 4. The van der Waals surface area contributed by atoms with Crippen molar-refractivity contribution >= 4 is 0 Å². The van der Waals surface area contributed by atoms with E-state index >= 15 is 0 Å². The summed E-state index contributed by atoms with van der Waals surface area (Å²) in [6, 6.07) is 0. The molecule has 70 valence electrons. The van der Waals surface area contributed by atoms with E-state index in [4.69, 9.17) is 18.9 Å². The van der Waals surface area contributed by atoms with Gasteiger partial charge in [-0.05, 0) is 0 Å². The molecule has 0 bridgehead atoms. The zero-order valence-electron chi connectivity index (χ0n) is 7.27. The van der Waals surface area contributed by atoms with Crippen molar-refractivity contribution in [2.24, 2.45) is 5.41 Å². The van der Waals surface area contributed by atoms with Crippen molar-refractivity contribution in [3.8, 4) is 0 Å². The quantitative estimate of drug-likeness (QED) is 0.597. The van der Waals surface area contributed by atoms with Gasteiger partial charge in [-0.1, -0.05) is 13.6 Å². The molecule has 0 atom stereocenters. The molecular formula is C7H10O4Y2-2. The monoisotopic (exact) mass is 336 g/mol. The fourth-order valence-electron chi connectivity index (χ4n) is 1.19. The molecule has 2 saturated heterocycles. The van der Waals surface area contributed by atoms with E-state index in [1.54, 1.807) is 0 Å². The third kappa shape index (κ3) is 4.19. The van der Waals surface area contributed by atoms with E-state index < -0.39 is 0 Å². The predicted molar refractivity (Wildman–Crippen MR) is 34.8 cm³/mol. The molecule has 4 nitrogen and oxygen atoms in total. The second-order valence-electron chi connectivity index (χ2n) is 2.94. The van der Waals surface area contributed by atoms with Gasteiger partial charge < -0.3 is 18.9 Å². The largest absolute Gasteiger partial charge is 0.524 e. The smallest absolute Gasteiger partial charge is 0.0521 e. The zero-order valence-corrected chi connectivity index (χ0v) is 12.9. The molecule has 2 aliphatic rings. The topological polar surface area (TPSA) is 36.9 Å². The first-order valence-electron chi connectivity index (χ1n) is 3.51. The molecule has 2 radical (unpaired) electrons. The first-order valence-corrected chi connectivity index (χ1v) is 3.51. The van der Waals surface area contributed by atoms with Gasteiger partial charge in [0.15, 0.2) is 0 Å². The molecule has 6 heteroatoms. The average Bonchev–Trinajstić information content (AvgIpc) is 2.07. The Morgan fingerprint density at radius 1 is 0.692 bits per heavy atom. The minimum Gasteiger partial charge on any atom is -0.524 e. The van der Waals surface area contributed by atoms with Gasteiger partial charge in [0.25, 0.3) is 0 Å². The van der Waals surface area contributed by atoms with Gasteiger partial charge in [-0.25, -0.2) is 0 Å². The zero-order chi connectivity index (χ0) is 7.57. The maximum absolute atomic E-state index is 5.04. The molecule has 0 unspecified atom stereocenters. The third-order valence-corrected chi connectivity index (χ3v) is 1.83. The summed E-state index contributed by atoms with van der Waals surface area (Å²) in [6.45, 7) is 5.18. The Bertz CT molecular complexity index is 113. The van der Waals surface area contributed by atoms with Crippen molar-refractivity contribution in [2.45, 2.75) is 0 Å². The Morgan fingerprint density at radius 2 is 1.00 bits per heavy atom. The molecule has 0 aliphatic carbocycles. The van der Waals surface area contributed by atoms with E-state index in [0.29, 0.717) is 26.4 Å². The maximum Gasteiger partial charge on any atom is 0.0521 e. The van der Waals surface area contributed by atoms with Crippen LogP contribution in [0, 0.1) is 19.0 Å². The molecule has 0 saturated carbocycles. The van der Waals surface area contributed by atoms with Crippen LogP contribution in [0.4, 0.5) is 0 Å².